The van der Waals surface area contributed by atoms with E-state index in [4.69, 9.17) is 21.1 Å². The topological polar surface area (TPSA) is 90.4 Å². The van der Waals surface area contributed by atoms with E-state index in [0.29, 0.717) is 5.82 Å². The van der Waals surface area contributed by atoms with Gasteiger partial charge >= 0.3 is 12.1 Å². The molecule has 1 aromatic heterocycles. The quantitative estimate of drug-likeness (QED) is 0.656. The van der Waals surface area contributed by atoms with Crippen LogP contribution in [0.15, 0.2) is 18.5 Å². The molecule has 1 aromatic rings. The van der Waals surface area contributed by atoms with Crippen molar-refractivity contribution in [1.29, 1.82) is 0 Å². The first kappa shape index (κ1) is 17.2. The van der Waals surface area contributed by atoms with E-state index < -0.39 is 23.7 Å². The number of esters is 1. The van der Waals surface area contributed by atoms with E-state index in [1.807, 2.05) is 0 Å². The summed E-state index contributed by atoms with van der Waals surface area (Å²) in [6.07, 6.45) is 2.44. The summed E-state index contributed by atoms with van der Waals surface area (Å²) < 4.78 is 9.81. The molecule has 0 aromatic carbocycles. The lowest BCUT2D eigenvalue weighted by Gasteiger charge is -2.22. The second-order valence-corrected chi connectivity index (χ2v) is 5.36. The van der Waals surface area contributed by atoms with Crippen LogP contribution in [0.5, 0.6) is 0 Å². The number of alkyl halides is 1. The number of hydrogen-bond donors (Lipinski definition) is 1. The van der Waals surface area contributed by atoms with Gasteiger partial charge in [-0.25, -0.2) is 19.6 Å². The average molecular weight is 316 g/mol. The molecule has 1 heterocycles. The Morgan fingerprint density at radius 1 is 1.33 bits per heavy atom. The molecule has 0 aliphatic carbocycles. The molecule has 0 fully saturated rings. The van der Waals surface area contributed by atoms with Crippen molar-refractivity contribution < 1.29 is 19.1 Å². The number of carbonyl (C=O) groups excluding carboxylic acids is 2. The molecule has 0 spiro atoms. The Kier molecular flexibility index (Phi) is 6.36. The molecule has 0 saturated carbocycles. The first-order valence-electron chi connectivity index (χ1n) is 6.30. The molecule has 0 aliphatic heterocycles. The lowest BCUT2D eigenvalue weighted by atomic mass is 10.2. The van der Waals surface area contributed by atoms with Gasteiger partial charge in [-0.2, -0.15) is 0 Å². The highest BCUT2D eigenvalue weighted by Crippen LogP contribution is 2.08. The average Bonchev–Trinajstić information content (AvgIpc) is 2.37. The van der Waals surface area contributed by atoms with Crippen LogP contribution in [-0.2, 0) is 20.7 Å². The molecule has 0 unspecified atom stereocenters. The molecule has 0 bridgehead atoms. The molecule has 0 aliphatic rings. The predicted molar refractivity (Wildman–Crippen MR) is 75.7 cm³/mol. The normalized spacial score (nSPS) is 12.4. The Bertz CT molecular complexity index is 476. The van der Waals surface area contributed by atoms with Gasteiger partial charge in [-0.1, -0.05) is 11.6 Å². The fraction of sp³-hybridized carbons (Fsp3) is 0.538. The van der Waals surface area contributed by atoms with Crippen LogP contribution >= 0.6 is 11.6 Å². The second kappa shape index (κ2) is 7.78. The Morgan fingerprint density at radius 3 is 2.48 bits per heavy atom. The van der Waals surface area contributed by atoms with Gasteiger partial charge in [-0.05, 0) is 26.8 Å². The number of hydrogen-bond acceptors (Lipinski definition) is 6. The number of halogens is 1. The summed E-state index contributed by atoms with van der Waals surface area (Å²) in [5, 5.41) is 2.43. The van der Waals surface area contributed by atoms with E-state index in [1.165, 1.54) is 0 Å². The van der Waals surface area contributed by atoms with Crippen molar-refractivity contribution in [3.8, 4) is 0 Å². The number of rotatable bonds is 5. The van der Waals surface area contributed by atoms with Crippen molar-refractivity contribution in [3.63, 3.8) is 0 Å². The highest BCUT2D eigenvalue weighted by Gasteiger charge is 2.26. The fourth-order valence-electron chi connectivity index (χ4n) is 1.42. The number of nitrogens with one attached hydrogen (secondary N) is 1. The zero-order valence-electron chi connectivity index (χ0n) is 12.1. The summed E-state index contributed by atoms with van der Waals surface area (Å²) in [6.45, 7) is 5.16. The Labute approximate surface area is 128 Å². The molecule has 1 atom stereocenters. The molecule has 1 amide bonds. The van der Waals surface area contributed by atoms with Gasteiger partial charge in [0.25, 0.3) is 0 Å². The predicted octanol–water partition coefficient (Wildman–Crippen LogP) is 1.65. The number of amides is 1. The van der Waals surface area contributed by atoms with Crippen LogP contribution in [-0.4, -0.2) is 39.7 Å². The minimum Gasteiger partial charge on any atom is -0.448 e. The third-order valence-electron chi connectivity index (χ3n) is 2.18. The third-order valence-corrected chi connectivity index (χ3v) is 2.29. The lowest BCUT2D eigenvalue weighted by Crippen LogP contribution is -2.45. The van der Waals surface area contributed by atoms with Crippen LogP contribution in [0.4, 0.5) is 4.79 Å². The summed E-state index contributed by atoms with van der Waals surface area (Å²) >= 11 is 5.37. The summed E-state index contributed by atoms with van der Waals surface area (Å²) in [4.78, 5) is 31.6. The maximum atomic E-state index is 11.8. The first-order chi connectivity index (χ1) is 9.81. The minimum atomic E-state index is -0.971. The van der Waals surface area contributed by atoms with Crippen molar-refractivity contribution in [3.05, 3.63) is 24.3 Å². The number of aromatic nitrogens is 2. The first-order valence-corrected chi connectivity index (χ1v) is 6.83. The Balaban J connectivity index is 2.73. The van der Waals surface area contributed by atoms with E-state index in [1.54, 1.807) is 39.2 Å². The largest absolute Gasteiger partial charge is 0.448 e. The monoisotopic (exact) mass is 315 g/mol. The maximum Gasteiger partial charge on any atom is 0.408 e. The maximum absolute atomic E-state index is 11.8. The Hall–Kier alpha value is -1.89. The molecule has 7 nitrogen and oxygen atoms in total. The van der Waals surface area contributed by atoms with Crippen molar-refractivity contribution in [1.82, 2.24) is 15.3 Å². The lowest BCUT2D eigenvalue weighted by molar-refractivity contribution is -0.144. The molecule has 0 saturated heterocycles. The van der Waals surface area contributed by atoms with Gasteiger partial charge in [-0.3, -0.25) is 0 Å². The molecular formula is C13H18ClN3O4. The van der Waals surface area contributed by atoms with Gasteiger partial charge in [0.1, 0.15) is 17.5 Å². The highest BCUT2D eigenvalue weighted by atomic mass is 35.5. The summed E-state index contributed by atoms with van der Waals surface area (Å²) in [7, 11) is 0. The van der Waals surface area contributed by atoms with Crippen molar-refractivity contribution >= 4 is 23.7 Å². The molecule has 1 rings (SSSR count). The van der Waals surface area contributed by atoms with E-state index in [0.717, 1.165) is 0 Å². The molecule has 1 N–H and O–H groups in total. The van der Waals surface area contributed by atoms with Crippen molar-refractivity contribution in [2.75, 3.05) is 6.07 Å². The smallest absolute Gasteiger partial charge is 0.408 e. The van der Waals surface area contributed by atoms with E-state index in [9.17, 15) is 9.59 Å². The van der Waals surface area contributed by atoms with Crippen LogP contribution in [0.25, 0.3) is 0 Å². The van der Waals surface area contributed by atoms with Gasteiger partial charge in [-0.15, -0.1) is 0 Å². The van der Waals surface area contributed by atoms with Gasteiger partial charge in [0, 0.05) is 18.8 Å². The van der Waals surface area contributed by atoms with Crippen molar-refractivity contribution in [2.24, 2.45) is 0 Å². The third kappa shape index (κ3) is 6.89. The zero-order valence-corrected chi connectivity index (χ0v) is 12.9. The van der Waals surface area contributed by atoms with Crippen LogP contribution in [0.2, 0.25) is 0 Å². The number of carbonyl (C=O) groups is 2. The van der Waals surface area contributed by atoms with Gasteiger partial charge in [0.2, 0.25) is 0 Å². The van der Waals surface area contributed by atoms with Crippen LogP contribution < -0.4 is 5.32 Å². The van der Waals surface area contributed by atoms with E-state index in [2.05, 4.69) is 15.3 Å². The fourth-order valence-corrected chi connectivity index (χ4v) is 1.52. The molecule has 0 radical (unpaired) electrons. The SMILES string of the molecule is CC(C)(C)OC(=O)N[C@@H](Cc1ncccn1)C(=O)OCCl. The van der Waals surface area contributed by atoms with Gasteiger partial charge < -0.3 is 14.8 Å². The van der Waals surface area contributed by atoms with Crippen molar-refractivity contribution in [2.45, 2.75) is 38.8 Å². The minimum absolute atomic E-state index is 0.0792. The molecule has 21 heavy (non-hydrogen) atoms. The van der Waals surface area contributed by atoms with Crippen LogP contribution in [0.1, 0.15) is 26.6 Å². The van der Waals surface area contributed by atoms with Gasteiger partial charge in [0.05, 0.1) is 0 Å². The standard InChI is InChI=1S/C13H18ClN3O4/c1-13(2,3)21-12(19)17-9(11(18)20-8-14)7-10-15-5-4-6-16-10/h4-6,9H,7-8H2,1-3H3,(H,17,19)/t9-/m0/s1. The summed E-state index contributed by atoms with van der Waals surface area (Å²) in [6, 6.07) is 0.374. The molecule has 8 heteroatoms. The summed E-state index contributed by atoms with van der Waals surface area (Å²) in [5.41, 5.74) is -0.672. The second-order valence-electron chi connectivity index (χ2n) is 5.14. The van der Waals surface area contributed by atoms with Gasteiger partial charge in [0.15, 0.2) is 6.07 Å². The summed E-state index contributed by atoms with van der Waals surface area (Å²) in [5.74, 6) is -0.284. The van der Waals surface area contributed by atoms with Crippen LogP contribution in [0.3, 0.4) is 0 Å². The van der Waals surface area contributed by atoms with E-state index in [-0.39, 0.29) is 12.5 Å². The molecular weight excluding hydrogens is 298 g/mol. The number of ether oxygens (including phenoxy) is 2. The highest BCUT2D eigenvalue weighted by molar-refractivity contribution is 6.17. The zero-order chi connectivity index (χ0) is 15.9. The Morgan fingerprint density at radius 2 is 1.95 bits per heavy atom. The number of alkyl carbamates (subject to hydrolysis) is 1. The number of nitrogens with zero attached hydrogens (tertiary/aromatic N) is 2. The van der Waals surface area contributed by atoms with E-state index >= 15 is 0 Å². The molecule has 116 valence electrons. The van der Waals surface area contributed by atoms with Crippen LogP contribution in [0, 0.1) is 0 Å².